The van der Waals surface area contributed by atoms with Gasteiger partial charge < -0.3 is 34.0 Å². The van der Waals surface area contributed by atoms with Crippen LogP contribution in [0.1, 0.15) is 239 Å². The monoisotopic (exact) mass is 859 g/mol. The lowest BCUT2D eigenvalue weighted by molar-refractivity contribution is -0.870. The zero-order valence-corrected chi connectivity index (χ0v) is 40.5. The molecule has 59 heavy (non-hydrogen) atoms. The van der Waals surface area contributed by atoms with Gasteiger partial charge in [-0.25, -0.2) is 0 Å². The van der Waals surface area contributed by atoms with Crippen molar-refractivity contribution in [2.75, 3.05) is 40.9 Å². The summed E-state index contributed by atoms with van der Waals surface area (Å²) in [6.07, 6.45) is 44.1. The number of unbranched alkanes of at least 4 members (excludes halogenated alkanes) is 30. The zero-order chi connectivity index (χ0) is 43.7. The molecule has 4 atom stereocenters. The summed E-state index contributed by atoms with van der Waals surface area (Å²) in [6.45, 7) is 4.43. The second-order valence-corrected chi connectivity index (χ2v) is 20.1. The summed E-state index contributed by atoms with van der Waals surface area (Å²) in [6, 6.07) is -1.08. The van der Waals surface area contributed by atoms with Crippen molar-refractivity contribution in [3.8, 4) is 0 Å². The maximum Gasteiger partial charge on any atom is 0.268 e. The van der Waals surface area contributed by atoms with Gasteiger partial charge in [-0.15, -0.1) is 0 Å². The minimum Gasteiger partial charge on any atom is -0.756 e. The number of carbonyl (C=O) groups excluding carboxylic acids is 1. The predicted octanol–water partition coefficient (Wildman–Crippen LogP) is 12.7. The quantitative estimate of drug-likeness (QED) is 0.0241. The summed E-state index contributed by atoms with van der Waals surface area (Å²) >= 11 is 0. The predicted molar refractivity (Wildman–Crippen MR) is 248 cm³/mol. The summed E-state index contributed by atoms with van der Waals surface area (Å²) in [5, 5.41) is 24.6. The van der Waals surface area contributed by atoms with Crippen molar-refractivity contribution >= 4 is 13.7 Å². The Labute approximate surface area is 365 Å². The van der Waals surface area contributed by atoms with E-state index in [1.165, 1.54) is 173 Å². The summed E-state index contributed by atoms with van der Waals surface area (Å²) in [5.74, 6) is -0.284. The number of aliphatic hydroxyl groups excluding tert-OH is 2. The number of carbonyl (C=O) groups is 1. The van der Waals surface area contributed by atoms with E-state index in [-0.39, 0.29) is 18.9 Å². The molecule has 0 heterocycles. The van der Waals surface area contributed by atoms with Crippen LogP contribution in [0.5, 0.6) is 0 Å². The van der Waals surface area contributed by atoms with Crippen molar-refractivity contribution < 1.29 is 38.0 Å². The smallest absolute Gasteiger partial charge is 0.268 e. The standard InChI is InChI=1S/C49H99N2O7P/c1-6-8-10-12-14-16-18-20-21-22-23-24-25-26-27-28-29-30-32-34-36-38-40-42-48(53)50-46(45-58-59(55,56)57-44-43-51(3,4)5)49(54)47(52)41-39-37-35-33-31-19-17-15-13-11-9-7-2/h33,35,46-47,49,52,54H,6-32,34,36-45H2,1-5H3,(H-,50,53,55,56)/b35-33+. The van der Waals surface area contributed by atoms with E-state index in [2.05, 4.69) is 31.3 Å². The second kappa shape index (κ2) is 41.2. The topological polar surface area (TPSA) is 128 Å². The normalized spacial score (nSPS) is 14.8. The molecule has 0 aromatic heterocycles. The molecule has 0 aromatic rings. The number of rotatable bonds is 46. The highest BCUT2D eigenvalue weighted by Gasteiger charge is 2.29. The van der Waals surface area contributed by atoms with Crippen LogP contribution in [0.15, 0.2) is 12.2 Å². The minimum atomic E-state index is -4.67. The number of aliphatic hydroxyl groups is 2. The molecule has 0 aromatic carbocycles. The Bertz CT molecular complexity index is 992. The Morgan fingerprint density at radius 1 is 0.593 bits per heavy atom. The van der Waals surface area contributed by atoms with E-state index in [1.54, 1.807) is 0 Å². The van der Waals surface area contributed by atoms with Crippen LogP contribution in [0.25, 0.3) is 0 Å². The van der Waals surface area contributed by atoms with E-state index in [4.69, 9.17) is 9.05 Å². The number of likely N-dealkylation sites (N-methyl/N-ethyl adjacent to an activating group) is 1. The van der Waals surface area contributed by atoms with Gasteiger partial charge in [0, 0.05) is 6.42 Å². The largest absolute Gasteiger partial charge is 0.756 e. The van der Waals surface area contributed by atoms with Crippen LogP contribution >= 0.6 is 7.82 Å². The molecule has 1 amide bonds. The average molecular weight is 859 g/mol. The van der Waals surface area contributed by atoms with Crippen LogP contribution < -0.4 is 10.2 Å². The van der Waals surface area contributed by atoms with Crippen molar-refractivity contribution in [2.45, 2.75) is 257 Å². The zero-order valence-electron chi connectivity index (χ0n) is 39.6. The van der Waals surface area contributed by atoms with Crippen molar-refractivity contribution in [3.63, 3.8) is 0 Å². The lowest BCUT2D eigenvalue weighted by Crippen LogP contribution is -2.51. The number of quaternary nitrogens is 1. The molecule has 3 N–H and O–H groups in total. The third-order valence-electron chi connectivity index (χ3n) is 11.6. The van der Waals surface area contributed by atoms with Gasteiger partial charge in [0.15, 0.2) is 0 Å². The third-order valence-corrected chi connectivity index (χ3v) is 12.6. The summed E-state index contributed by atoms with van der Waals surface area (Å²) < 4.78 is 23.2. The number of amides is 1. The molecule has 0 aliphatic rings. The third kappa shape index (κ3) is 42.3. The van der Waals surface area contributed by atoms with E-state index in [0.29, 0.717) is 23.9 Å². The lowest BCUT2D eigenvalue weighted by atomic mass is 10.0. The van der Waals surface area contributed by atoms with E-state index < -0.39 is 32.7 Å². The molecule has 0 fully saturated rings. The molecule has 0 aliphatic carbocycles. The summed E-state index contributed by atoms with van der Waals surface area (Å²) in [7, 11) is 1.12. The van der Waals surface area contributed by atoms with Gasteiger partial charge in [-0.1, -0.05) is 206 Å². The van der Waals surface area contributed by atoms with Gasteiger partial charge in [-0.3, -0.25) is 9.36 Å². The van der Waals surface area contributed by atoms with Gasteiger partial charge in [0.2, 0.25) is 5.91 Å². The van der Waals surface area contributed by atoms with Crippen LogP contribution in [-0.2, 0) is 18.4 Å². The Morgan fingerprint density at radius 2 is 0.966 bits per heavy atom. The van der Waals surface area contributed by atoms with Gasteiger partial charge >= 0.3 is 0 Å². The second-order valence-electron chi connectivity index (χ2n) is 18.7. The molecule has 0 saturated heterocycles. The Kier molecular flexibility index (Phi) is 40.7. The summed E-state index contributed by atoms with van der Waals surface area (Å²) in [5.41, 5.74) is 0. The van der Waals surface area contributed by atoms with Crippen LogP contribution in [0.3, 0.4) is 0 Å². The molecule has 0 rings (SSSR count). The number of nitrogens with zero attached hydrogens (tertiary/aromatic N) is 1. The van der Waals surface area contributed by atoms with Crippen LogP contribution in [-0.4, -0.2) is 79.8 Å². The van der Waals surface area contributed by atoms with Gasteiger partial charge in [0.25, 0.3) is 7.82 Å². The highest BCUT2D eigenvalue weighted by Crippen LogP contribution is 2.38. The lowest BCUT2D eigenvalue weighted by Gasteiger charge is -2.31. The van der Waals surface area contributed by atoms with Crippen molar-refractivity contribution in [3.05, 3.63) is 12.2 Å². The first-order chi connectivity index (χ1) is 28.4. The molecular weight excluding hydrogens is 760 g/mol. The van der Waals surface area contributed by atoms with E-state index in [1.807, 2.05) is 21.1 Å². The Balaban J connectivity index is 4.30. The van der Waals surface area contributed by atoms with Gasteiger partial charge in [0.1, 0.15) is 19.3 Å². The SMILES string of the molecule is CCCCCCCCC/C=C/CCCC(O)C(O)C(COP(=O)([O-])OCC[N+](C)(C)C)NC(=O)CCCCCCCCCCCCCCCCCCCCCCCCC. The molecule has 9 nitrogen and oxygen atoms in total. The molecule has 0 aliphatic heterocycles. The van der Waals surface area contributed by atoms with E-state index in [9.17, 15) is 24.5 Å². The first kappa shape index (κ1) is 58.2. The molecule has 0 radical (unpaired) electrons. The van der Waals surface area contributed by atoms with Crippen LogP contribution in [0, 0.1) is 0 Å². The number of nitrogens with one attached hydrogen (secondary N) is 1. The van der Waals surface area contributed by atoms with Gasteiger partial charge in [-0.2, -0.15) is 0 Å². The fourth-order valence-corrected chi connectivity index (χ4v) is 8.27. The van der Waals surface area contributed by atoms with Gasteiger partial charge in [0.05, 0.1) is 39.9 Å². The van der Waals surface area contributed by atoms with Crippen molar-refractivity contribution in [2.24, 2.45) is 0 Å². The molecule has 10 heteroatoms. The number of allylic oxidation sites excluding steroid dienone is 2. The maximum absolute atomic E-state index is 12.9. The maximum atomic E-state index is 12.9. The first-order valence-corrected chi connectivity index (χ1v) is 26.6. The Hall–Kier alpha value is -0.800. The average Bonchev–Trinajstić information content (AvgIpc) is 3.19. The van der Waals surface area contributed by atoms with Crippen molar-refractivity contribution in [1.29, 1.82) is 0 Å². The molecule has 352 valence electrons. The number of hydrogen-bond acceptors (Lipinski definition) is 7. The van der Waals surface area contributed by atoms with Gasteiger partial charge in [-0.05, 0) is 38.5 Å². The molecule has 0 spiro atoms. The molecule has 0 bridgehead atoms. The first-order valence-electron chi connectivity index (χ1n) is 25.1. The van der Waals surface area contributed by atoms with E-state index in [0.717, 1.165) is 32.1 Å². The fourth-order valence-electron chi connectivity index (χ4n) is 7.55. The number of phosphoric acid groups is 1. The minimum absolute atomic E-state index is 0.0432. The molecule has 0 saturated carbocycles. The molecule has 4 unspecified atom stereocenters. The molecular formula is C49H99N2O7P. The number of hydrogen-bond donors (Lipinski definition) is 3. The Morgan fingerprint density at radius 3 is 1.37 bits per heavy atom. The summed E-state index contributed by atoms with van der Waals surface area (Å²) in [4.78, 5) is 25.4. The highest BCUT2D eigenvalue weighted by molar-refractivity contribution is 7.45. The fraction of sp³-hybridized carbons (Fsp3) is 0.939. The number of phosphoric ester groups is 1. The van der Waals surface area contributed by atoms with E-state index >= 15 is 0 Å². The van der Waals surface area contributed by atoms with Crippen molar-refractivity contribution in [1.82, 2.24) is 5.32 Å². The highest BCUT2D eigenvalue weighted by atomic mass is 31.2. The van der Waals surface area contributed by atoms with Crippen LogP contribution in [0.2, 0.25) is 0 Å². The van der Waals surface area contributed by atoms with Crippen LogP contribution in [0.4, 0.5) is 0 Å².